The third-order valence-electron chi connectivity index (χ3n) is 3.95. The van der Waals surface area contributed by atoms with Gasteiger partial charge in [-0.1, -0.05) is 13.8 Å². The van der Waals surface area contributed by atoms with Crippen LogP contribution in [0.5, 0.6) is 0 Å². The lowest BCUT2D eigenvalue weighted by molar-refractivity contribution is -0.154. The Morgan fingerprint density at radius 1 is 1.31 bits per heavy atom. The average molecular weight is 224 g/mol. The fraction of sp³-hybridized carbons (Fsp3) is 0.833. The van der Waals surface area contributed by atoms with Crippen LogP contribution < -0.4 is 5.32 Å². The summed E-state index contributed by atoms with van der Waals surface area (Å²) in [5.41, 5.74) is -0.585. The van der Waals surface area contributed by atoms with Crippen LogP contribution in [-0.2, 0) is 9.59 Å². The molecule has 0 aromatic carbocycles. The van der Waals surface area contributed by atoms with Crippen molar-refractivity contribution in [3.05, 3.63) is 0 Å². The summed E-state index contributed by atoms with van der Waals surface area (Å²) in [6.45, 7) is 4.92. The zero-order chi connectivity index (χ0) is 11.8. The summed E-state index contributed by atoms with van der Waals surface area (Å²) in [4.78, 5) is 25.8. The maximum absolute atomic E-state index is 12.0. The van der Waals surface area contributed by atoms with Gasteiger partial charge in [0.25, 0.3) is 0 Å². The van der Waals surface area contributed by atoms with E-state index in [2.05, 4.69) is 5.32 Å². The van der Waals surface area contributed by atoms with Crippen LogP contribution in [0.15, 0.2) is 0 Å². The minimum Gasteiger partial charge on any atom is -0.345 e. The number of carbonyl (C=O) groups excluding carboxylic acids is 2. The third-order valence-corrected chi connectivity index (χ3v) is 3.95. The van der Waals surface area contributed by atoms with Crippen molar-refractivity contribution in [1.82, 2.24) is 10.2 Å². The number of nitrogens with zero attached hydrogens (tertiary/aromatic N) is 1. The van der Waals surface area contributed by atoms with Crippen molar-refractivity contribution in [1.29, 1.82) is 0 Å². The van der Waals surface area contributed by atoms with Crippen molar-refractivity contribution >= 4 is 11.8 Å². The Hall–Kier alpha value is -1.06. The molecule has 0 atom stereocenters. The first-order valence-corrected chi connectivity index (χ1v) is 6.22. The van der Waals surface area contributed by atoms with E-state index in [0.717, 1.165) is 6.54 Å². The van der Waals surface area contributed by atoms with Crippen LogP contribution in [-0.4, -0.2) is 35.3 Å². The van der Waals surface area contributed by atoms with Crippen molar-refractivity contribution in [2.45, 2.75) is 45.1 Å². The SMILES string of the molecule is CCC1(CC)C(=O)NCC(=O)N1CC1CC1. The van der Waals surface area contributed by atoms with E-state index in [1.807, 2.05) is 18.7 Å². The summed E-state index contributed by atoms with van der Waals surface area (Å²) < 4.78 is 0. The van der Waals surface area contributed by atoms with Crippen LogP contribution in [0.2, 0.25) is 0 Å². The van der Waals surface area contributed by atoms with E-state index < -0.39 is 5.54 Å². The molecule has 90 valence electrons. The quantitative estimate of drug-likeness (QED) is 0.771. The van der Waals surface area contributed by atoms with Gasteiger partial charge in [0.15, 0.2) is 0 Å². The Kier molecular flexibility index (Phi) is 2.91. The summed E-state index contributed by atoms with van der Waals surface area (Å²) >= 11 is 0. The van der Waals surface area contributed by atoms with E-state index in [1.54, 1.807) is 0 Å². The molecule has 4 heteroatoms. The lowest BCUT2D eigenvalue weighted by Gasteiger charge is -2.45. The number of rotatable bonds is 4. The molecule has 0 aromatic rings. The second-order valence-electron chi connectivity index (χ2n) is 4.87. The predicted molar refractivity (Wildman–Crippen MR) is 60.8 cm³/mol. The highest BCUT2D eigenvalue weighted by Gasteiger charge is 2.47. The molecule has 1 aliphatic heterocycles. The van der Waals surface area contributed by atoms with Gasteiger partial charge in [-0.05, 0) is 31.6 Å². The van der Waals surface area contributed by atoms with Crippen molar-refractivity contribution in [2.75, 3.05) is 13.1 Å². The van der Waals surface area contributed by atoms with Crippen LogP contribution in [0, 0.1) is 5.92 Å². The van der Waals surface area contributed by atoms with Gasteiger partial charge in [0.1, 0.15) is 5.54 Å². The van der Waals surface area contributed by atoms with Crippen molar-refractivity contribution in [2.24, 2.45) is 5.92 Å². The van der Waals surface area contributed by atoms with Gasteiger partial charge < -0.3 is 10.2 Å². The monoisotopic (exact) mass is 224 g/mol. The summed E-state index contributed by atoms with van der Waals surface area (Å²) in [5, 5.41) is 2.72. The van der Waals surface area contributed by atoms with Gasteiger partial charge in [-0.15, -0.1) is 0 Å². The Morgan fingerprint density at radius 2 is 1.94 bits per heavy atom. The summed E-state index contributed by atoms with van der Waals surface area (Å²) in [6.07, 6.45) is 3.81. The summed E-state index contributed by atoms with van der Waals surface area (Å²) in [6, 6.07) is 0. The molecule has 2 fully saturated rings. The van der Waals surface area contributed by atoms with E-state index in [4.69, 9.17) is 0 Å². The van der Waals surface area contributed by atoms with Gasteiger partial charge >= 0.3 is 0 Å². The fourth-order valence-electron chi connectivity index (χ4n) is 2.57. The molecule has 0 spiro atoms. The van der Waals surface area contributed by atoms with Gasteiger partial charge in [0.05, 0.1) is 6.54 Å². The topological polar surface area (TPSA) is 49.4 Å². The van der Waals surface area contributed by atoms with E-state index in [-0.39, 0.29) is 18.4 Å². The van der Waals surface area contributed by atoms with Gasteiger partial charge in [-0.25, -0.2) is 0 Å². The van der Waals surface area contributed by atoms with E-state index in [0.29, 0.717) is 18.8 Å². The Morgan fingerprint density at radius 3 is 2.44 bits per heavy atom. The Balaban J connectivity index is 2.24. The van der Waals surface area contributed by atoms with Crippen molar-refractivity contribution < 1.29 is 9.59 Å². The van der Waals surface area contributed by atoms with E-state index in [1.165, 1.54) is 12.8 Å². The van der Waals surface area contributed by atoms with Gasteiger partial charge in [0, 0.05) is 6.54 Å². The highest BCUT2D eigenvalue weighted by atomic mass is 16.2. The molecule has 16 heavy (non-hydrogen) atoms. The van der Waals surface area contributed by atoms with Crippen LogP contribution in [0.1, 0.15) is 39.5 Å². The molecule has 1 heterocycles. The zero-order valence-corrected chi connectivity index (χ0v) is 10.1. The largest absolute Gasteiger partial charge is 0.345 e. The molecule has 0 bridgehead atoms. The third kappa shape index (κ3) is 1.70. The number of nitrogens with one attached hydrogen (secondary N) is 1. The first-order valence-electron chi connectivity index (χ1n) is 6.22. The molecular formula is C12H20N2O2. The molecule has 2 aliphatic rings. The normalized spacial score (nSPS) is 24.5. The highest BCUT2D eigenvalue weighted by Crippen LogP contribution is 2.35. The number of amides is 2. The molecule has 0 radical (unpaired) electrons. The molecule has 1 aliphatic carbocycles. The average Bonchev–Trinajstić information content (AvgIpc) is 3.09. The molecule has 1 saturated carbocycles. The predicted octanol–water partition coefficient (Wildman–Crippen LogP) is 0.914. The van der Waals surface area contributed by atoms with Crippen LogP contribution in [0.4, 0.5) is 0 Å². The minimum atomic E-state index is -0.585. The number of hydrogen-bond acceptors (Lipinski definition) is 2. The zero-order valence-electron chi connectivity index (χ0n) is 10.1. The highest BCUT2D eigenvalue weighted by molar-refractivity contribution is 5.97. The summed E-state index contributed by atoms with van der Waals surface area (Å²) in [7, 11) is 0. The van der Waals surface area contributed by atoms with Gasteiger partial charge in [0.2, 0.25) is 11.8 Å². The van der Waals surface area contributed by atoms with Crippen molar-refractivity contribution in [3.8, 4) is 0 Å². The molecule has 4 nitrogen and oxygen atoms in total. The lowest BCUT2D eigenvalue weighted by Crippen LogP contribution is -2.67. The Bertz CT molecular complexity index is 306. The standard InChI is InChI=1S/C12H20N2O2/c1-3-12(4-2)11(16)13-7-10(15)14(12)8-9-5-6-9/h9H,3-8H2,1-2H3,(H,13,16). The van der Waals surface area contributed by atoms with Crippen molar-refractivity contribution in [3.63, 3.8) is 0 Å². The minimum absolute atomic E-state index is 0.0257. The number of carbonyl (C=O) groups is 2. The molecule has 2 rings (SSSR count). The maximum Gasteiger partial charge on any atom is 0.246 e. The number of hydrogen-bond donors (Lipinski definition) is 1. The van der Waals surface area contributed by atoms with Crippen LogP contribution >= 0.6 is 0 Å². The smallest absolute Gasteiger partial charge is 0.246 e. The maximum atomic E-state index is 12.0. The van der Waals surface area contributed by atoms with E-state index >= 15 is 0 Å². The number of piperazine rings is 1. The first kappa shape index (κ1) is 11.4. The molecule has 1 saturated heterocycles. The summed E-state index contributed by atoms with van der Waals surface area (Å²) in [5.74, 6) is 0.736. The molecule has 2 amide bonds. The molecule has 1 N–H and O–H groups in total. The lowest BCUT2D eigenvalue weighted by atomic mass is 9.87. The fourth-order valence-corrected chi connectivity index (χ4v) is 2.57. The second-order valence-corrected chi connectivity index (χ2v) is 4.87. The Labute approximate surface area is 96.4 Å². The second kappa shape index (κ2) is 4.07. The van der Waals surface area contributed by atoms with E-state index in [9.17, 15) is 9.59 Å². The molecular weight excluding hydrogens is 204 g/mol. The van der Waals surface area contributed by atoms with Gasteiger partial charge in [-0.2, -0.15) is 0 Å². The van der Waals surface area contributed by atoms with Crippen LogP contribution in [0.25, 0.3) is 0 Å². The molecule has 0 aromatic heterocycles. The van der Waals surface area contributed by atoms with Crippen LogP contribution in [0.3, 0.4) is 0 Å². The van der Waals surface area contributed by atoms with Gasteiger partial charge in [-0.3, -0.25) is 9.59 Å². The first-order chi connectivity index (χ1) is 7.64. The molecule has 0 unspecified atom stereocenters.